The monoisotopic (exact) mass is 148 g/mol. The van der Waals surface area contributed by atoms with E-state index >= 15 is 0 Å². The molecule has 0 aromatic rings. The number of hydrogen-bond donors (Lipinski definition) is 2. The molecular weight excluding hydrogens is 136 g/mol. The van der Waals surface area contributed by atoms with Crippen LogP contribution in [0.3, 0.4) is 0 Å². The summed E-state index contributed by atoms with van der Waals surface area (Å²) in [5.41, 5.74) is 2.83. The molecule has 0 saturated carbocycles. The second kappa shape index (κ2) is 3.10. The maximum Gasteiger partial charge on any atom is 0.0545 e. The minimum atomic E-state index is 0.900. The van der Waals surface area contributed by atoms with Gasteiger partial charge in [-0.15, -0.1) is 0 Å². The summed E-state index contributed by atoms with van der Waals surface area (Å²) < 4.78 is 0. The molecular formula is C9H12N2. The van der Waals surface area contributed by atoms with E-state index in [-0.39, 0.29) is 0 Å². The molecule has 0 bridgehead atoms. The lowest BCUT2D eigenvalue weighted by atomic mass is 10.3. The molecule has 11 heavy (non-hydrogen) atoms. The zero-order chi connectivity index (χ0) is 8.27. The quantitative estimate of drug-likeness (QED) is 0.622. The Morgan fingerprint density at radius 1 is 1.55 bits per heavy atom. The Labute approximate surface area is 67.0 Å². The highest BCUT2D eigenvalue weighted by atomic mass is 14.9. The summed E-state index contributed by atoms with van der Waals surface area (Å²) >= 11 is 0. The van der Waals surface area contributed by atoms with Crippen molar-refractivity contribution in [3.63, 3.8) is 0 Å². The number of rotatable bonds is 2. The third-order valence-electron chi connectivity index (χ3n) is 1.23. The Balaban J connectivity index is 2.56. The second-order valence-electron chi connectivity index (χ2n) is 2.51. The molecule has 0 spiro atoms. The maximum atomic E-state index is 3.74. The van der Waals surface area contributed by atoms with E-state index in [1.807, 2.05) is 25.3 Å². The molecule has 1 aliphatic heterocycles. The molecule has 0 atom stereocenters. The SMILES string of the molecule is C=C(C)NC1=CNC(=C)C=C1. The molecule has 1 aliphatic rings. The van der Waals surface area contributed by atoms with Crippen LogP contribution in [0.1, 0.15) is 6.92 Å². The Bertz CT molecular complexity index is 246. The van der Waals surface area contributed by atoms with Gasteiger partial charge in [0.25, 0.3) is 0 Å². The van der Waals surface area contributed by atoms with Crippen molar-refractivity contribution in [2.75, 3.05) is 0 Å². The Hall–Kier alpha value is -1.44. The highest BCUT2D eigenvalue weighted by molar-refractivity contribution is 5.31. The van der Waals surface area contributed by atoms with E-state index in [0.717, 1.165) is 17.1 Å². The Morgan fingerprint density at radius 3 is 2.73 bits per heavy atom. The van der Waals surface area contributed by atoms with E-state index < -0.39 is 0 Å². The van der Waals surface area contributed by atoms with Gasteiger partial charge in [0.05, 0.1) is 5.70 Å². The van der Waals surface area contributed by atoms with Crippen molar-refractivity contribution in [3.05, 3.63) is 48.6 Å². The molecule has 0 saturated heterocycles. The van der Waals surface area contributed by atoms with Crippen molar-refractivity contribution in [1.29, 1.82) is 0 Å². The summed E-state index contributed by atoms with van der Waals surface area (Å²) in [7, 11) is 0. The zero-order valence-corrected chi connectivity index (χ0v) is 6.65. The molecule has 2 nitrogen and oxygen atoms in total. The lowest BCUT2D eigenvalue weighted by Gasteiger charge is -2.11. The van der Waals surface area contributed by atoms with E-state index in [1.165, 1.54) is 0 Å². The molecule has 2 N–H and O–H groups in total. The molecule has 0 aromatic heterocycles. The van der Waals surface area contributed by atoms with Gasteiger partial charge >= 0.3 is 0 Å². The summed E-state index contributed by atoms with van der Waals surface area (Å²) in [4.78, 5) is 0. The average molecular weight is 148 g/mol. The van der Waals surface area contributed by atoms with Crippen molar-refractivity contribution in [3.8, 4) is 0 Å². The maximum absolute atomic E-state index is 3.74. The number of dihydropyridines is 1. The summed E-state index contributed by atoms with van der Waals surface area (Å²) in [6.07, 6.45) is 5.72. The molecule has 0 fully saturated rings. The molecule has 0 amide bonds. The lowest BCUT2D eigenvalue weighted by Crippen LogP contribution is -2.15. The van der Waals surface area contributed by atoms with Gasteiger partial charge < -0.3 is 10.6 Å². The smallest absolute Gasteiger partial charge is 0.0545 e. The van der Waals surface area contributed by atoms with Gasteiger partial charge in [-0.3, -0.25) is 0 Å². The minimum absolute atomic E-state index is 0.900. The fourth-order valence-corrected chi connectivity index (χ4v) is 0.781. The van der Waals surface area contributed by atoms with E-state index in [1.54, 1.807) is 0 Å². The van der Waals surface area contributed by atoms with E-state index in [4.69, 9.17) is 0 Å². The standard InChI is InChI=1S/C9H12N2/c1-7(2)11-9-5-4-8(3)10-6-9/h4-6,10-11H,1,3H2,2H3. The molecule has 1 rings (SSSR count). The highest BCUT2D eigenvalue weighted by Crippen LogP contribution is 2.02. The van der Waals surface area contributed by atoms with Gasteiger partial charge in [-0.2, -0.15) is 0 Å². The topological polar surface area (TPSA) is 24.1 Å². The van der Waals surface area contributed by atoms with Crippen molar-refractivity contribution in [2.24, 2.45) is 0 Å². The van der Waals surface area contributed by atoms with Crippen LogP contribution in [-0.2, 0) is 0 Å². The van der Waals surface area contributed by atoms with Gasteiger partial charge in [0.15, 0.2) is 0 Å². The first-order chi connectivity index (χ1) is 5.18. The van der Waals surface area contributed by atoms with Gasteiger partial charge in [0.2, 0.25) is 0 Å². The average Bonchev–Trinajstić information content (AvgIpc) is 1.93. The summed E-state index contributed by atoms with van der Waals surface area (Å²) in [6.45, 7) is 9.38. The molecule has 2 heteroatoms. The van der Waals surface area contributed by atoms with Crippen molar-refractivity contribution in [2.45, 2.75) is 6.92 Å². The second-order valence-corrected chi connectivity index (χ2v) is 2.51. The largest absolute Gasteiger partial charge is 0.360 e. The first-order valence-electron chi connectivity index (χ1n) is 3.45. The normalized spacial score (nSPS) is 15.4. The molecule has 0 aromatic carbocycles. The predicted molar refractivity (Wildman–Crippen MR) is 47.4 cm³/mol. The first kappa shape index (κ1) is 7.66. The van der Waals surface area contributed by atoms with Crippen LogP contribution in [0.15, 0.2) is 48.6 Å². The first-order valence-corrected chi connectivity index (χ1v) is 3.45. The van der Waals surface area contributed by atoms with Crippen molar-refractivity contribution >= 4 is 0 Å². The molecule has 0 radical (unpaired) electrons. The van der Waals surface area contributed by atoms with Crippen molar-refractivity contribution in [1.82, 2.24) is 10.6 Å². The molecule has 1 heterocycles. The van der Waals surface area contributed by atoms with Crippen LogP contribution in [0.4, 0.5) is 0 Å². The van der Waals surface area contributed by atoms with Gasteiger partial charge in [-0.05, 0) is 19.1 Å². The van der Waals surface area contributed by atoms with Crippen LogP contribution >= 0.6 is 0 Å². The van der Waals surface area contributed by atoms with Gasteiger partial charge in [0, 0.05) is 17.6 Å². The van der Waals surface area contributed by atoms with E-state index in [0.29, 0.717) is 0 Å². The lowest BCUT2D eigenvalue weighted by molar-refractivity contribution is 0.955. The van der Waals surface area contributed by atoms with Crippen LogP contribution in [0.5, 0.6) is 0 Å². The Morgan fingerprint density at radius 2 is 2.27 bits per heavy atom. The summed E-state index contributed by atoms with van der Waals surface area (Å²) in [5, 5.41) is 6.07. The van der Waals surface area contributed by atoms with Crippen LogP contribution in [0.2, 0.25) is 0 Å². The van der Waals surface area contributed by atoms with Crippen LogP contribution < -0.4 is 10.6 Å². The number of allylic oxidation sites excluding steroid dienone is 3. The van der Waals surface area contributed by atoms with Crippen LogP contribution in [0.25, 0.3) is 0 Å². The van der Waals surface area contributed by atoms with E-state index in [2.05, 4.69) is 23.8 Å². The third kappa shape index (κ3) is 2.34. The van der Waals surface area contributed by atoms with Crippen LogP contribution in [0, 0.1) is 0 Å². The van der Waals surface area contributed by atoms with Gasteiger partial charge in [0.1, 0.15) is 0 Å². The molecule has 58 valence electrons. The predicted octanol–water partition coefficient (Wildman–Crippen LogP) is 1.62. The van der Waals surface area contributed by atoms with Gasteiger partial charge in [-0.1, -0.05) is 13.2 Å². The molecule has 0 unspecified atom stereocenters. The Kier molecular flexibility index (Phi) is 2.16. The minimum Gasteiger partial charge on any atom is -0.360 e. The van der Waals surface area contributed by atoms with E-state index in [9.17, 15) is 0 Å². The van der Waals surface area contributed by atoms with Gasteiger partial charge in [-0.25, -0.2) is 0 Å². The number of hydrogen-bond acceptors (Lipinski definition) is 2. The third-order valence-corrected chi connectivity index (χ3v) is 1.23. The van der Waals surface area contributed by atoms with Crippen LogP contribution in [-0.4, -0.2) is 0 Å². The highest BCUT2D eigenvalue weighted by Gasteiger charge is 1.96. The fourth-order valence-electron chi connectivity index (χ4n) is 0.781. The number of nitrogens with one attached hydrogen (secondary N) is 2. The summed E-state index contributed by atoms with van der Waals surface area (Å²) in [6, 6.07) is 0. The van der Waals surface area contributed by atoms with Crippen molar-refractivity contribution < 1.29 is 0 Å². The zero-order valence-electron chi connectivity index (χ0n) is 6.65. The molecule has 0 aliphatic carbocycles. The fraction of sp³-hybridized carbons (Fsp3) is 0.111. The summed E-state index contributed by atoms with van der Waals surface area (Å²) in [5.74, 6) is 0.